The van der Waals surface area contributed by atoms with E-state index in [1.54, 1.807) is 31.2 Å². The van der Waals surface area contributed by atoms with Crippen LogP contribution in [0.3, 0.4) is 0 Å². The Morgan fingerprint density at radius 2 is 1.73 bits per heavy atom. The molecule has 0 heterocycles. The minimum atomic E-state index is -1.29. The summed E-state index contributed by atoms with van der Waals surface area (Å²) in [6, 6.07) is 6.86. The number of para-hydroxylation sites is 1. The molecule has 1 N–H and O–H groups in total. The summed E-state index contributed by atoms with van der Waals surface area (Å²) in [6.07, 6.45) is 0.956. The monoisotopic (exact) mass is 319 g/mol. The molecule has 4 nitrogen and oxygen atoms in total. The maximum Gasteiger partial charge on any atom is 0.239 e. The van der Waals surface area contributed by atoms with E-state index in [4.69, 9.17) is 11.6 Å². The lowest BCUT2D eigenvalue weighted by molar-refractivity contribution is -0.147. The van der Waals surface area contributed by atoms with Crippen molar-refractivity contribution in [3.8, 4) is 0 Å². The number of rotatable bonds is 2. The molecule has 5 heteroatoms. The first-order chi connectivity index (χ1) is 10.2. The third-order valence-electron chi connectivity index (χ3n) is 6.05. The molecule has 1 aromatic carbocycles. The second-order valence-corrected chi connectivity index (χ2v) is 7.36. The highest BCUT2D eigenvalue weighted by atomic mass is 35.5. The molecule has 1 amide bonds. The molecular weight excluding hydrogens is 302 g/mol. The predicted molar refractivity (Wildman–Crippen MR) is 83.7 cm³/mol. The molecule has 0 radical (unpaired) electrons. The van der Waals surface area contributed by atoms with Gasteiger partial charge in [0.05, 0.1) is 10.7 Å². The van der Waals surface area contributed by atoms with E-state index in [1.807, 2.05) is 13.8 Å². The number of anilines is 1. The van der Waals surface area contributed by atoms with Crippen LogP contribution in [-0.4, -0.2) is 17.5 Å². The van der Waals surface area contributed by atoms with Gasteiger partial charge in [0, 0.05) is 5.41 Å². The Bertz CT molecular complexity index is 712. The molecule has 2 saturated carbocycles. The minimum Gasteiger partial charge on any atom is -0.324 e. The molecule has 0 spiro atoms. The number of fused-ring (bicyclic) bond motifs is 2. The summed E-state index contributed by atoms with van der Waals surface area (Å²) in [4.78, 5) is 37.9. The Morgan fingerprint density at radius 1 is 1.09 bits per heavy atom. The molecule has 116 valence electrons. The number of hydrogen-bond donors (Lipinski definition) is 1. The zero-order chi connectivity index (χ0) is 16.3. The van der Waals surface area contributed by atoms with Crippen LogP contribution in [0.1, 0.15) is 33.6 Å². The fourth-order valence-electron chi connectivity index (χ4n) is 4.06. The van der Waals surface area contributed by atoms with Gasteiger partial charge in [-0.15, -0.1) is 0 Å². The zero-order valence-electron chi connectivity index (χ0n) is 12.8. The van der Waals surface area contributed by atoms with Gasteiger partial charge in [-0.1, -0.05) is 44.5 Å². The lowest BCUT2D eigenvalue weighted by Crippen LogP contribution is -2.47. The maximum absolute atomic E-state index is 12.9. The number of Topliss-reactive ketones (excluding diaryl/α,β-unsaturated/α-hetero) is 2. The van der Waals surface area contributed by atoms with Gasteiger partial charge in [0.2, 0.25) is 17.5 Å². The van der Waals surface area contributed by atoms with E-state index in [0.29, 0.717) is 23.6 Å². The Labute approximate surface area is 134 Å². The molecule has 0 unspecified atom stereocenters. The van der Waals surface area contributed by atoms with Crippen molar-refractivity contribution in [3.05, 3.63) is 29.3 Å². The van der Waals surface area contributed by atoms with Crippen molar-refractivity contribution in [2.24, 2.45) is 16.2 Å². The van der Waals surface area contributed by atoms with Crippen molar-refractivity contribution in [1.29, 1.82) is 0 Å². The van der Waals surface area contributed by atoms with Crippen molar-refractivity contribution in [3.63, 3.8) is 0 Å². The molecule has 2 aliphatic carbocycles. The minimum absolute atomic E-state index is 0.400. The Hall–Kier alpha value is -1.68. The van der Waals surface area contributed by atoms with Gasteiger partial charge in [-0.3, -0.25) is 14.4 Å². The lowest BCUT2D eigenvalue weighted by Gasteiger charge is -2.37. The van der Waals surface area contributed by atoms with E-state index in [2.05, 4.69) is 5.32 Å². The number of carbonyl (C=O) groups excluding carboxylic acids is 3. The SMILES string of the molecule is CC1(C)[C@]2(C(=O)Nc3ccccc3Cl)CC[C@]1(C)C(=O)C2=O. The maximum atomic E-state index is 12.9. The largest absolute Gasteiger partial charge is 0.324 e. The number of halogens is 1. The number of nitrogens with one attached hydrogen (secondary N) is 1. The van der Waals surface area contributed by atoms with Crippen LogP contribution in [0.2, 0.25) is 5.02 Å². The first kappa shape index (κ1) is 15.2. The van der Waals surface area contributed by atoms with Crippen LogP contribution < -0.4 is 5.32 Å². The van der Waals surface area contributed by atoms with Gasteiger partial charge in [-0.25, -0.2) is 0 Å². The number of benzene rings is 1. The molecule has 3 rings (SSSR count). The van der Waals surface area contributed by atoms with E-state index in [1.165, 1.54) is 0 Å². The van der Waals surface area contributed by atoms with Crippen LogP contribution in [0.4, 0.5) is 5.69 Å². The highest BCUT2D eigenvalue weighted by molar-refractivity contribution is 6.49. The molecule has 2 fully saturated rings. The fourth-order valence-corrected chi connectivity index (χ4v) is 4.25. The van der Waals surface area contributed by atoms with Gasteiger partial charge in [0.25, 0.3) is 0 Å². The lowest BCUT2D eigenvalue weighted by atomic mass is 9.64. The smallest absolute Gasteiger partial charge is 0.239 e. The van der Waals surface area contributed by atoms with Crippen LogP contribution in [0.15, 0.2) is 24.3 Å². The molecular formula is C17H18ClNO3. The number of carbonyl (C=O) groups is 3. The van der Waals surface area contributed by atoms with Crippen molar-refractivity contribution < 1.29 is 14.4 Å². The first-order valence-electron chi connectivity index (χ1n) is 7.34. The molecule has 2 aliphatic rings. The van der Waals surface area contributed by atoms with Gasteiger partial charge in [-0.05, 0) is 30.4 Å². The summed E-state index contributed by atoms with van der Waals surface area (Å²) >= 11 is 6.07. The van der Waals surface area contributed by atoms with Crippen LogP contribution in [-0.2, 0) is 14.4 Å². The third kappa shape index (κ3) is 1.51. The summed E-state index contributed by atoms with van der Waals surface area (Å²) < 4.78 is 0. The summed E-state index contributed by atoms with van der Waals surface area (Å²) in [5, 5.41) is 3.16. The molecule has 0 aliphatic heterocycles. The average Bonchev–Trinajstić information content (AvgIpc) is 2.74. The second kappa shape index (κ2) is 4.42. The van der Waals surface area contributed by atoms with Gasteiger partial charge in [0.1, 0.15) is 5.41 Å². The molecule has 1 aromatic rings. The number of hydrogen-bond acceptors (Lipinski definition) is 3. The molecule has 22 heavy (non-hydrogen) atoms. The predicted octanol–water partition coefficient (Wildman–Crippen LogP) is 3.24. The van der Waals surface area contributed by atoms with Gasteiger partial charge in [0.15, 0.2) is 0 Å². The standard InChI is InChI=1S/C17H18ClNO3/c1-15(2)16(3)8-9-17(15,13(21)12(16)20)14(22)19-11-7-5-4-6-10(11)18/h4-7H,8-9H2,1-3H3,(H,19,22)/t16-,17-/m1/s1. The van der Waals surface area contributed by atoms with Crippen molar-refractivity contribution in [1.82, 2.24) is 0 Å². The first-order valence-corrected chi connectivity index (χ1v) is 7.71. The quantitative estimate of drug-likeness (QED) is 0.672. The van der Waals surface area contributed by atoms with E-state index >= 15 is 0 Å². The van der Waals surface area contributed by atoms with Crippen LogP contribution in [0.25, 0.3) is 0 Å². The van der Waals surface area contributed by atoms with Crippen LogP contribution in [0, 0.1) is 16.2 Å². The van der Waals surface area contributed by atoms with Crippen molar-refractivity contribution in [2.75, 3.05) is 5.32 Å². The highest BCUT2D eigenvalue weighted by Crippen LogP contribution is 2.69. The van der Waals surface area contributed by atoms with E-state index in [-0.39, 0.29) is 0 Å². The highest BCUT2D eigenvalue weighted by Gasteiger charge is 2.77. The zero-order valence-corrected chi connectivity index (χ0v) is 13.6. The summed E-state index contributed by atoms with van der Waals surface area (Å²) in [7, 11) is 0. The average molecular weight is 320 g/mol. The fraction of sp³-hybridized carbons (Fsp3) is 0.471. The summed E-state index contributed by atoms with van der Waals surface area (Å²) in [6.45, 7) is 5.48. The number of amides is 1. The van der Waals surface area contributed by atoms with Crippen molar-refractivity contribution >= 4 is 34.8 Å². The third-order valence-corrected chi connectivity index (χ3v) is 6.38. The van der Waals surface area contributed by atoms with Crippen molar-refractivity contribution in [2.45, 2.75) is 33.6 Å². The van der Waals surface area contributed by atoms with Gasteiger partial charge in [-0.2, -0.15) is 0 Å². The van der Waals surface area contributed by atoms with E-state index in [9.17, 15) is 14.4 Å². The molecule has 2 bridgehead atoms. The number of ketones is 2. The van der Waals surface area contributed by atoms with Gasteiger partial charge >= 0.3 is 0 Å². The van der Waals surface area contributed by atoms with E-state index < -0.39 is 33.7 Å². The van der Waals surface area contributed by atoms with E-state index in [0.717, 1.165) is 0 Å². The van der Waals surface area contributed by atoms with Crippen LogP contribution in [0.5, 0.6) is 0 Å². The Balaban J connectivity index is 2.04. The topological polar surface area (TPSA) is 63.2 Å². The molecule has 2 atom stereocenters. The molecule has 0 aromatic heterocycles. The Morgan fingerprint density at radius 3 is 2.27 bits per heavy atom. The summed E-state index contributed by atoms with van der Waals surface area (Å²) in [5.74, 6) is -1.40. The second-order valence-electron chi connectivity index (χ2n) is 6.95. The van der Waals surface area contributed by atoms with Crippen LogP contribution >= 0.6 is 11.6 Å². The molecule has 0 saturated heterocycles. The normalized spacial score (nSPS) is 32.4. The van der Waals surface area contributed by atoms with Gasteiger partial charge < -0.3 is 5.32 Å². The Kier molecular flexibility index (Phi) is 3.06. The summed E-state index contributed by atoms with van der Waals surface area (Å²) in [5.41, 5.74) is -2.31.